The van der Waals surface area contributed by atoms with Crippen molar-refractivity contribution >= 4 is 21.8 Å². The molecule has 0 aromatic rings. The number of aliphatic carboxylic acids is 1. The van der Waals surface area contributed by atoms with Gasteiger partial charge in [-0.2, -0.15) is 0 Å². The minimum Gasteiger partial charge on any atom is -0.481 e. The van der Waals surface area contributed by atoms with E-state index >= 15 is 0 Å². The van der Waals surface area contributed by atoms with Crippen molar-refractivity contribution in [3.8, 4) is 0 Å². The maximum absolute atomic E-state index is 11.8. The molecule has 0 aromatic heterocycles. The predicted molar refractivity (Wildman–Crippen MR) is 74.3 cm³/mol. The number of nitrogens with zero attached hydrogens (tertiary/aromatic N) is 1. The number of hydrogen-bond acceptors (Lipinski definition) is 4. The van der Waals surface area contributed by atoms with E-state index in [1.807, 2.05) is 0 Å². The van der Waals surface area contributed by atoms with Gasteiger partial charge in [-0.05, 0) is 25.2 Å². The van der Waals surface area contributed by atoms with E-state index in [2.05, 4.69) is 5.32 Å². The van der Waals surface area contributed by atoms with Crippen LogP contribution in [0.5, 0.6) is 0 Å². The van der Waals surface area contributed by atoms with Crippen molar-refractivity contribution in [3.05, 3.63) is 0 Å². The molecule has 7 nitrogen and oxygen atoms in total. The van der Waals surface area contributed by atoms with Crippen molar-refractivity contribution < 1.29 is 23.1 Å². The molecule has 1 aliphatic heterocycles. The first-order valence-electron chi connectivity index (χ1n) is 6.70. The SMILES string of the molecule is CS(=O)(=O)CCNC(=O)N1CCC(CCC(=O)O)CC1. The molecule has 2 N–H and O–H groups in total. The molecule has 1 saturated heterocycles. The van der Waals surface area contributed by atoms with Gasteiger partial charge < -0.3 is 15.3 Å². The third-order valence-corrected chi connectivity index (χ3v) is 4.36. The Labute approximate surface area is 119 Å². The highest BCUT2D eigenvalue weighted by Gasteiger charge is 2.23. The van der Waals surface area contributed by atoms with Crippen LogP contribution in [0.1, 0.15) is 25.7 Å². The second kappa shape index (κ2) is 7.47. The molecular weight excluding hydrogens is 284 g/mol. The average Bonchev–Trinajstić information content (AvgIpc) is 2.35. The first kappa shape index (κ1) is 16.7. The molecular formula is C12H22N2O5S. The molecule has 0 unspecified atom stereocenters. The lowest BCUT2D eigenvalue weighted by Crippen LogP contribution is -2.45. The zero-order valence-corrected chi connectivity index (χ0v) is 12.5. The van der Waals surface area contributed by atoms with Gasteiger partial charge in [0.05, 0.1) is 5.75 Å². The van der Waals surface area contributed by atoms with Crippen molar-refractivity contribution in [1.29, 1.82) is 0 Å². The van der Waals surface area contributed by atoms with E-state index in [0.717, 1.165) is 19.1 Å². The van der Waals surface area contributed by atoms with Crippen LogP contribution in [0.4, 0.5) is 4.79 Å². The Morgan fingerprint density at radius 1 is 1.30 bits per heavy atom. The van der Waals surface area contributed by atoms with E-state index in [9.17, 15) is 18.0 Å². The van der Waals surface area contributed by atoms with Gasteiger partial charge in [0.2, 0.25) is 0 Å². The van der Waals surface area contributed by atoms with Gasteiger partial charge in [0.25, 0.3) is 0 Å². The lowest BCUT2D eigenvalue weighted by Gasteiger charge is -2.31. The van der Waals surface area contributed by atoms with Gasteiger partial charge in [-0.1, -0.05) is 0 Å². The predicted octanol–water partition coefficient (Wildman–Crippen LogP) is 0.317. The van der Waals surface area contributed by atoms with Gasteiger partial charge >= 0.3 is 12.0 Å². The lowest BCUT2D eigenvalue weighted by atomic mass is 9.92. The Hall–Kier alpha value is -1.31. The molecule has 0 spiro atoms. The number of rotatable bonds is 6. The summed E-state index contributed by atoms with van der Waals surface area (Å²) in [6, 6.07) is -0.245. The van der Waals surface area contributed by atoms with Gasteiger partial charge in [0.15, 0.2) is 0 Å². The van der Waals surface area contributed by atoms with Gasteiger partial charge in [-0.3, -0.25) is 4.79 Å². The van der Waals surface area contributed by atoms with Crippen LogP contribution in [0, 0.1) is 5.92 Å². The molecule has 0 aromatic carbocycles. The highest BCUT2D eigenvalue weighted by atomic mass is 32.2. The van der Waals surface area contributed by atoms with Gasteiger partial charge in [0, 0.05) is 32.3 Å². The van der Waals surface area contributed by atoms with Crippen molar-refractivity contribution in [2.24, 2.45) is 5.92 Å². The molecule has 8 heteroatoms. The molecule has 1 rings (SSSR count). The maximum atomic E-state index is 11.8. The molecule has 1 heterocycles. The Morgan fingerprint density at radius 3 is 2.40 bits per heavy atom. The van der Waals surface area contributed by atoms with Crippen molar-refractivity contribution in [1.82, 2.24) is 10.2 Å². The van der Waals surface area contributed by atoms with Gasteiger partial charge in [-0.25, -0.2) is 13.2 Å². The monoisotopic (exact) mass is 306 g/mol. The van der Waals surface area contributed by atoms with Crippen LogP contribution in [0.3, 0.4) is 0 Å². The van der Waals surface area contributed by atoms with Crippen LogP contribution in [0.25, 0.3) is 0 Å². The molecule has 0 radical (unpaired) electrons. The summed E-state index contributed by atoms with van der Waals surface area (Å²) in [4.78, 5) is 23.9. The summed E-state index contributed by atoms with van der Waals surface area (Å²) in [6.45, 7) is 1.31. The Morgan fingerprint density at radius 2 is 1.90 bits per heavy atom. The summed E-state index contributed by atoms with van der Waals surface area (Å²) < 4.78 is 21.9. The van der Waals surface area contributed by atoms with E-state index in [1.54, 1.807) is 4.90 Å². The van der Waals surface area contributed by atoms with E-state index in [-0.39, 0.29) is 24.7 Å². The zero-order chi connectivity index (χ0) is 15.2. The first-order valence-corrected chi connectivity index (χ1v) is 8.76. The number of amides is 2. The third-order valence-electron chi connectivity index (χ3n) is 3.42. The fraction of sp³-hybridized carbons (Fsp3) is 0.833. The van der Waals surface area contributed by atoms with E-state index in [0.29, 0.717) is 25.4 Å². The maximum Gasteiger partial charge on any atom is 0.317 e. The highest BCUT2D eigenvalue weighted by Crippen LogP contribution is 2.21. The fourth-order valence-electron chi connectivity index (χ4n) is 2.21. The van der Waals surface area contributed by atoms with E-state index < -0.39 is 15.8 Å². The largest absolute Gasteiger partial charge is 0.481 e. The summed E-state index contributed by atoms with van der Waals surface area (Å²) in [5.74, 6) is -0.495. The number of hydrogen-bond donors (Lipinski definition) is 2. The van der Waals surface area contributed by atoms with Crippen molar-refractivity contribution in [2.75, 3.05) is 31.6 Å². The smallest absolute Gasteiger partial charge is 0.317 e. The quantitative estimate of drug-likeness (QED) is 0.735. The summed E-state index contributed by atoms with van der Waals surface area (Å²) in [5, 5.41) is 11.2. The van der Waals surface area contributed by atoms with Crippen LogP contribution in [0.15, 0.2) is 0 Å². The molecule has 2 amide bonds. The van der Waals surface area contributed by atoms with E-state index in [4.69, 9.17) is 5.11 Å². The Kier molecular flexibility index (Phi) is 6.25. The van der Waals surface area contributed by atoms with Gasteiger partial charge in [-0.15, -0.1) is 0 Å². The Bertz CT molecular complexity index is 441. The summed E-state index contributed by atoms with van der Waals surface area (Å²) in [7, 11) is -3.06. The molecule has 0 saturated carbocycles. The summed E-state index contributed by atoms with van der Waals surface area (Å²) >= 11 is 0. The Balaban J connectivity index is 2.23. The standard InChI is InChI=1S/C12H22N2O5S/c1-20(18,19)9-6-13-12(17)14-7-4-10(5-8-14)2-3-11(15)16/h10H,2-9H2,1H3,(H,13,17)(H,15,16). The zero-order valence-electron chi connectivity index (χ0n) is 11.7. The van der Waals surface area contributed by atoms with Crippen LogP contribution in [-0.2, 0) is 14.6 Å². The van der Waals surface area contributed by atoms with Crippen molar-refractivity contribution in [3.63, 3.8) is 0 Å². The fourth-order valence-corrected chi connectivity index (χ4v) is 2.68. The normalized spacial score (nSPS) is 16.9. The number of carbonyl (C=O) groups excluding carboxylic acids is 1. The van der Waals surface area contributed by atoms with Crippen molar-refractivity contribution in [2.45, 2.75) is 25.7 Å². The summed E-state index contributed by atoms with van der Waals surface area (Å²) in [6.07, 6.45) is 3.55. The molecule has 0 bridgehead atoms. The molecule has 20 heavy (non-hydrogen) atoms. The van der Waals surface area contributed by atoms with Gasteiger partial charge in [0.1, 0.15) is 9.84 Å². The van der Waals surface area contributed by atoms with Crippen LogP contribution >= 0.6 is 0 Å². The number of piperidine rings is 1. The summed E-state index contributed by atoms with van der Waals surface area (Å²) in [5.41, 5.74) is 0. The molecule has 0 aliphatic carbocycles. The second-order valence-electron chi connectivity index (χ2n) is 5.22. The van der Waals surface area contributed by atoms with E-state index in [1.165, 1.54) is 0 Å². The average molecular weight is 306 g/mol. The molecule has 116 valence electrons. The number of urea groups is 1. The topological polar surface area (TPSA) is 104 Å². The van der Waals surface area contributed by atoms with Crippen LogP contribution in [0.2, 0.25) is 0 Å². The van der Waals surface area contributed by atoms with Crippen LogP contribution in [-0.4, -0.2) is 62.1 Å². The number of likely N-dealkylation sites (tertiary alicyclic amines) is 1. The second-order valence-corrected chi connectivity index (χ2v) is 7.48. The molecule has 1 fully saturated rings. The third kappa shape index (κ3) is 6.74. The minimum absolute atomic E-state index is 0.0617. The number of carbonyl (C=O) groups is 2. The number of sulfone groups is 1. The number of nitrogens with one attached hydrogen (secondary N) is 1. The van der Waals surface area contributed by atoms with Crippen LogP contribution < -0.4 is 5.32 Å². The molecule has 1 aliphatic rings. The number of carboxylic acids is 1. The number of carboxylic acid groups (broad SMARTS) is 1. The lowest BCUT2D eigenvalue weighted by molar-refractivity contribution is -0.137. The minimum atomic E-state index is -3.06. The molecule has 0 atom stereocenters. The highest BCUT2D eigenvalue weighted by molar-refractivity contribution is 7.90. The first-order chi connectivity index (χ1) is 9.28.